The van der Waals surface area contributed by atoms with Gasteiger partial charge in [-0.05, 0) is 70.5 Å². The van der Waals surface area contributed by atoms with E-state index in [1.807, 2.05) is 20.8 Å². The van der Waals surface area contributed by atoms with Crippen molar-refractivity contribution < 1.29 is 22.7 Å². The van der Waals surface area contributed by atoms with E-state index >= 15 is 0 Å². The molecule has 1 unspecified atom stereocenters. The number of hydrogen-bond donors (Lipinski definition) is 3. The molecule has 0 heterocycles. The highest BCUT2D eigenvalue weighted by Gasteiger charge is 2.27. The average Bonchev–Trinajstić information content (AvgIpc) is 3.53. The molecule has 1 saturated carbocycles. The number of amides is 2. The number of benzene rings is 1. The van der Waals surface area contributed by atoms with Gasteiger partial charge in [-0.15, -0.1) is 0 Å². The molecule has 174 valence electrons. The Balaban J connectivity index is 1.80. The van der Waals surface area contributed by atoms with Gasteiger partial charge in [0.25, 0.3) is 0 Å². The molecular formula is C22H35N3O5S. The third-order valence-corrected chi connectivity index (χ3v) is 6.95. The first kappa shape index (κ1) is 25.3. The van der Waals surface area contributed by atoms with Crippen LogP contribution in [0.25, 0.3) is 0 Å². The van der Waals surface area contributed by atoms with Gasteiger partial charge in [0, 0.05) is 11.6 Å². The third kappa shape index (κ3) is 8.96. The van der Waals surface area contributed by atoms with E-state index in [4.69, 9.17) is 4.74 Å². The number of sulfonamides is 1. The SMILES string of the molecule is CCC(NCCCCC(C)(C)NS(=O)(=O)c1cccc(OCC2CC2)c1)C(=O)NC=O. The van der Waals surface area contributed by atoms with E-state index in [1.54, 1.807) is 24.3 Å². The third-order valence-electron chi connectivity index (χ3n) is 5.25. The average molecular weight is 454 g/mol. The van der Waals surface area contributed by atoms with Crippen LogP contribution in [0.15, 0.2) is 29.2 Å². The highest BCUT2D eigenvalue weighted by Crippen LogP contribution is 2.30. The minimum Gasteiger partial charge on any atom is -0.493 e. The molecule has 1 aliphatic carbocycles. The van der Waals surface area contributed by atoms with Gasteiger partial charge in [-0.3, -0.25) is 14.9 Å². The molecule has 8 nitrogen and oxygen atoms in total. The smallest absolute Gasteiger partial charge is 0.243 e. The summed E-state index contributed by atoms with van der Waals surface area (Å²) >= 11 is 0. The predicted octanol–water partition coefficient (Wildman–Crippen LogP) is 2.34. The van der Waals surface area contributed by atoms with Crippen LogP contribution < -0.4 is 20.1 Å². The number of unbranched alkanes of at least 4 members (excludes halogenated alkanes) is 1. The molecule has 0 saturated heterocycles. The van der Waals surface area contributed by atoms with E-state index in [-0.39, 0.29) is 10.8 Å². The number of hydrogen-bond acceptors (Lipinski definition) is 6. The monoisotopic (exact) mass is 453 g/mol. The molecule has 2 amide bonds. The van der Waals surface area contributed by atoms with Crippen LogP contribution in [-0.4, -0.2) is 45.5 Å². The number of ether oxygens (including phenoxy) is 1. The molecule has 0 bridgehead atoms. The van der Waals surface area contributed by atoms with Crippen molar-refractivity contribution >= 4 is 22.3 Å². The van der Waals surface area contributed by atoms with Crippen LogP contribution in [0.2, 0.25) is 0 Å². The second-order valence-corrected chi connectivity index (χ2v) is 10.4. The van der Waals surface area contributed by atoms with Crippen molar-refractivity contribution in [3.63, 3.8) is 0 Å². The molecule has 1 aromatic carbocycles. The van der Waals surface area contributed by atoms with Crippen LogP contribution >= 0.6 is 0 Å². The molecule has 1 aliphatic rings. The summed E-state index contributed by atoms with van der Waals surface area (Å²) in [5.74, 6) is 0.829. The zero-order chi connectivity index (χ0) is 22.9. The Morgan fingerprint density at radius 3 is 2.68 bits per heavy atom. The van der Waals surface area contributed by atoms with Gasteiger partial charge in [-0.2, -0.15) is 0 Å². The van der Waals surface area contributed by atoms with Crippen LogP contribution in [0.3, 0.4) is 0 Å². The second kappa shape index (κ2) is 11.6. The molecule has 0 aliphatic heterocycles. The van der Waals surface area contributed by atoms with Gasteiger partial charge in [-0.1, -0.05) is 19.4 Å². The number of imide groups is 1. The zero-order valence-corrected chi connectivity index (χ0v) is 19.5. The number of rotatable bonds is 15. The van der Waals surface area contributed by atoms with Crippen LogP contribution in [0.4, 0.5) is 0 Å². The molecule has 1 aromatic rings. The Bertz CT molecular complexity index is 837. The molecule has 31 heavy (non-hydrogen) atoms. The quantitative estimate of drug-likeness (QED) is 0.277. The molecule has 0 radical (unpaired) electrons. The molecule has 1 atom stereocenters. The van der Waals surface area contributed by atoms with E-state index in [2.05, 4.69) is 15.4 Å². The van der Waals surface area contributed by atoms with Gasteiger partial charge in [-0.25, -0.2) is 13.1 Å². The molecule has 3 N–H and O–H groups in total. The maximum Gasteiger partial charge on any atom is 0.243 e. The van der Waals surface area contributed by atoms with Crippen LogP contribution in [0.1, 0.15) is 59.3 Å². The van der Waals surface area contributed by atoms with Crippen molar-refractivity contribution in [1.29, 1.82) is 0 Å². The van der Waals surface area contributed by atoms with Crippen molar-refractivity contribution in [3.8, 4) is 5.75 Å². The van der Waals surface area contributed by atoms with E-state index in [0.717, 1.165) is 12.8 Å². The minimum atomic E-state index is -3.67. The fraction of sp³-hybridized carbons (Fsp3) is 0.636. The van der Waals surface area contributed by atoms with Crippen molar-refractivity contribution in [2.45, 2.75) is 75.8 Å². The van der Waals surface area contributed by atoms with Crippen LogP contribution in [0.5, 0.6) is 5.75 Å². The fourth-order valence-electron chi connectivity index (χ4n) is 3.25. The van der Waals surface area contributed by atoms with E-state index in [0.29, 0.717) is 44.1 Å². The molecule has 0 spiro atoms. The summed E-state index contributed by atoms with van der Waals surface area (Å²) in [6, 6.07) is 6.20. The first-order chi connectivity index (χ1) is 14.7. The Morgan fingerprint density at radius 2 is 2.03 bits per heavy atom. The molecule has 2 rings (SSSR count). The Kier molecular flexibility index (Phi) is 9.46. The van der Waals surface area contributed by atoms with E-state index in [1.165, 1.54) is 12.8 Å². The van der Waals surface area contributed by atoms with Crippen molar-refractivity contribution in [3.05, 3.63) is 24.3 Å². The summed E-state index contributed by atoms with van der Waals surface area (Å²) in [6.45, 7) is 6.82. The number of carbonyl (C=O) groups excluding carboxylic acids is 2. The Labute approximate surface area is 185 Å². The standard InChI is InChI=1S/C22H35N3O5S/c1-4-20(21(27)24-16-26)23-13-6-5-12-22(2,3)25-31(28,29)19-9-7-8-18(14-19)30-15-17-10-11-17/h7-9,14,16-17,20,23,25H,4-6,10-13,15H2,1-3H3,(H,24,26,27). The number of nitrogens with one attached hydrogen (secondary N) is 3. The lowest BCUT2D eigenvalue weighted by Gasteiger charge is -2.26. The van der Waals surface area contributed by atoms with Gasteiger partial charge in [0.1, 0.15) is 5.75 Å². The van der Waals surface area contributed by atoms with Crippen molar-refractivity contribution in [1.82, 2.24) is 15.4 Å². The summed E-state index contributed by atoms with van der Waals surface area (Å²) in [6.07, 6.45) is 5.51. The second-order valence-electron chi connectivity index (χ2n) is 8.72. The van der Waals surface area contributed by atoms with E-state index < -0.39 is 21.6 Å². The zero-order valence-electron chi connectivity index (χ0n) is 18.6. The lowest BCUT2D eigenvalue weighted by atomic mass is 9.99. The molecule has 0 aromatic heterocycles. The molecule has 1 fully saturated rings. The Hall–Kier alpha value is -1.97. The van der Waals surface area contributed by atoms with Crippen LogP contribution in [0, 0.1) is 5.92 Å². The lowest BCUT2D eigenvalue weighted by molar-refractivity contribution is -0.126. The largest absolute Gasteiger partial charge is 0.493 e. The van der Waals surface area contributed by atoms with Gasteiger partial charge in [0.2, 0.25) is 22.3 Å². The highest BCUT2D eigenvalue weighted by atomic mass is 32.2. The maximum absolute atomic E-state index is 12.9. The first-order valence-electron chi connectivity index (χ1n) is 10.9. The van der Waals surface area contributed by atoms with Gasteiger partial charge in [0.05, 0.1) is 17.5 Å². The summed E-state index contributed by atoms with van der Waals surface area (Å²) < 4.78 is 34.2. The van der Waals surface area contributed by atoms with Gasteiger partial charge in [0.15, 0.2) is 0 Å². The normalized spacial score (nSPS) is 15.3. The minimum absolute atomic E-state index is 0.197. The Morgan fingerprint density at radius 1 is 1.29 bits per heavy atom. The van der Waals surface area contributed by atoms with Gasteiger partial charge >= 0.3 is 0 Å². The topological polar surface area (TPSA) is 114 Å². The molecular weight excluding hydrogens is 418 g/mol. The predicted molar refractivity (Wildman–Crippen MR) is 119 cm³/mol. The summed E-state index contributed by atoms with van der Waals surface area (Å²) in [5.41, 5.74) is -0.622. The van der Waals surface area contributed by atoms with E-state index in [9.17, 15) is 18.0 Å². The summed E-state index contributed by atoms with van der Waals surface area (Å²) in [5, 5.41) is 5.28. The lowest BCUT2D eigenvalue weighted by Crippen LogP contribution is -2.44. The fourth-order valence-corrected chi connectivity index (χ4v) is 4.73. The maximum atomic E-state index is 12.9. The first-order valence-corrected chi connectivity index (χ1v) is 12.4. The van der Waals surface area contributed by atoms with Gasteiger partial charge < -0.3 is 10.1 Å². The summed E-state index contributed by atoms with van der Waals surface area (Å²) in [7, 11) is -3.67. The number of carbonyl (C=O) groups is 2. The molecule has 9 heteroatoms. The van der Waals surface area contributed by atoms with Crippen molar-refractivity contribution in [2.24, 2.45) is 5.92 Å². The highest BCUT2D eigenvalue weighted by molar-refractivity contribution is 7.89. The summed E-state index contributed by atoms with van der Waals surface area (Å²) in [4.78, 5) is 22.3. The van der Waals surface area contributed by atoms with Crippen molar-refractivity contribution in [2.75, 3.05) is 13.2 Å². The van der Waals surface area contributed by atoms with Crippen LogP contribution in [-0.2, 0) is 19.6 Å².